The van der Waals surface area contributed by atoms with E-state index in [2.05, 4.69) is 10.5 Å². The molecular weight excluding hydrogens is 501 g/mol. The standard InChI is InChI=1S/C22H22ClN3O6.Cu/c23-14-9-8-13-15(19(28)26(18(13)27)12-6-2-1-3-7-12)16(14)24-25-17-20(29)31-22(32-21(17)30)10-4-5-11-22;/h8-9,12,24H,1-7,10-11H2;/q;+2. The second-order valence-electron chi connectivity index (χ2n) is 8.59. The molecule has 1 radical (unpaired) electrons. The number of hydrazone groups is 1. The predicted molar refractivity (Wildman–Crippen MR) is 113 cm³/mol. The second-order valence-corrected chi connectivity index (χ2v) is 8.99. The van der Waals surface area contributed by atoms with Crippen LogP contribution in [0.1, 0.15) is 78.5 Å². The zero-order chi connectivity index (χ0) is 22.5. The van der Waals surface area contributed by atoms with Crippen molar-refractivity contribution in [3.8, 4) is 0 Å². The first-order valence-corrected chi connectivity index (χ1v) is 11.3. The van der Waals surface area contributed by atoms with Crippen LogP contribution in [-0.2, 0) is 36.1 Å². The number of ether oxygens (including phenoxy) is 2. The summed E-state index contributed by atoms with van der Waals surface area (Å²) in [6.45, 7) is 0. The first-order chi connectivity index (χ1) is 15.4. The maximum absolute atomic E-state index is 13.2. The molecule has 1 N–H and O–H groups in total. The van der Waals surface area contributed by atoms with E-state index >= 15 is 0 Å². The monoisotopic (exact) mass is 522 g/mol. The molecule has 1 aromatic rings. The smallest absolute Gasteiger partial charge is 0.417 e. The Kier molecular flexibility index (Phi) is 6.53. The Morgan fingerprint density at radius 2 is 1.58 bits per heavy atom. The van der Waals surface area contributed by atoms with E-state index in [0.717, 1.165) is 44.9 Å². The molecule has 2 heterocycles. The summed E-state index contributed by atoms with van der Waals surface area (Å²) < 4.78 is 10.7. The van der Waals surface area contributed by atoms with Gasteiger partial charge in [-0.3, -0.25) is 19.9 Å². The number of halogens is 1. The van der Waals surface area contributed by atoms with Crippen LogP contribution in [0.25, 0.3) is 0 Å². The first kappa shape index (κ1) is 23.7. The number of imide groups is 1. The van der Waals surface area contributed by atoms with Gasteiger partial charge in [0.25, 0.3) is 23.3 Å². The summed E-state index contributed by atoms with van der Waals surface area (Å²) in [5.74, 6) is -3.83. The number of hydrogen-bond donors (Lipinski definition) is 1. The molecule has 4 aliphatic rings. The van der Waals surface area contributed by atoms with Crippen LogP contribution in [0, 0.1) is 0 Å². The van der Waals surface area contributed by atoms with Gasteiger partial charge in [-0.05, 0) is 37.8 Å². The van der Waals surface area contributed by atoms with E-state index in [1.54, 1.807) is 0 Å². The molecule has 177 valence electrons. The molecule has 1 saturated heterocycles. The molecule has 2 amide bonds. The first-order valence-electron chi connectivity index (χ1n) is 10.9. The van der Waals surface area contributed by atoms with E-state index < -0.39 is 29.3 Å². The number of fused-ring (bicyclic) bond motifs is 1. The van der Waals surface area contributed by atoms with Crippen molar-refractivity contribution in [1.82, 2.24) is 4.90 Å². The molecule has 1 aromatic carbocycles. The van der Waals surface area contributed by atoms with E-state index in [1.165, 1.54) is 17.0 Å². The third-order valence-corrected chi connectivity index (χ3v) is 6.88. The topological polar surface area (TPSA) is 114 Å². The van der Waals surface area contributed by atoms with Crippen molar-refractivity contribution in [2.45, 2.75) is 69.6 Å². The molecule has 9 nitrogen and oxygen atoms in total. The second kappa shape index (κ2) is 9.08. The molecule has 2 saturated carbocycles. The fourth-order valence-corrected chi connectivity index (χ4v) is 5.16. The number of amides is 2. The molecular formula is C22H22ClCuN3O6+2. The van der Waals surface area contributed by atoms with Gasteiger partial charge in [-0.2, -0.15) is 5.10 Å². The van der Waals surface area contributed by atoms with Crippen LogP contribution in [0.3, 0.4) is 0 Å². The number of carbonyl (C=O) groups is 4. The van der Waals surface area contributed by atoms with Crippen LogP contribution in [0.15, 0.2) is 17.2 Å². The van der Waals surface area contributed by atoms with Crippen LogP contribution in [0.5, 0.6) is 0 Å². The van der Waals surface area contributed by atoms with Crippen molar-refractivity contribution in [1.29, 1.82) is 0 Å². The Hall–Kier alpha value is -2.42. The van der Waals surface area contributed by atoms with Crippen molar-refractivity contribution in [3.63, 3.8) is 0 Å². The quantitative estimate of drug-likeness (QED) is 0.280. The summed E-state index contributed by atoms with van der Waals surface area (Å²) in [6, 6.07) is 2.83. The van der Waals surface area contributed by atoms with Gasteiger partial charge in [0, 0.05) is 18.9 Å². The number of esters is 2. The van der Waals surface area contributed by atoms with Crippen LogP contribution in [-0.4, -0.2) is 46.2 Å². The Bertz CT molecular complexity index is 1040. The molecule has 33 heavy (non-hydrogen) atoms. The largest absolute Gasteiger partial charge is 2.00 e. The Balaban J connectivity index is 0.00000259. The summed E-state index contributed by atoms with van der Waals surface area (Å²) in [5, 5.41) is 3.99. The van der Waals surface area contributed by atoms with Crippen molar-refractivity contribution in [3.05, 3.63) is 28.3 Å². The van der Waals surface area contributed by atoms with Crippen molar-refractivity contribution >= 4 is 46.8 Å². The van der Waals surface area contributed by atoms with Crippen molar-refractivity contribution in [2.75, 3.05) is 5.43 Å². The SMILES string of the molecule is O=C1OC2(CCCC2)OC(=O)C1=NNc1c(Cl)ccc2c1C(=O)N(C1CCCCC1)C2=O.[Cu+2]. The summed E-state index contributed by atoms with van der Waals surface area (Å²) in [4.78, 5) is 52.3. The van der Waals surface area contributed by atoms with E-state index in [-0.39, 0.29) is 50.9 Å². The average molecular weight is 523 g/mol. The molecule has 11 heteroatoms. The van der Waals surface area contributed by atoms with Gasteiger partial charge < -0.3 is 9.47 Å². The fourth-order valence-electron chi connectivity index (χ4n) is 4.96. The molecule has 5 rings (SSSR count). The minimum absolute atomic E-state index is 0. The molecule has 0 unspecified atom stereocenters. The van der Waals surface area contributed by atoms with Crippen molar-refractivity contribution in [2.24, 2.45) is 5.10 Å². The molecule has 3 fully saturated rings. The summed E-state index contributed by atoms with van der Waals surface area (Å²) in [6.07, 6.45) is 7.05. The van der Waals surface area contributed by atoms with Gasteiger partial charge in [0.2, 0.25) is 0 Å². The van der Waals surface area contributed by atoms with Gasteiger partial charge >= 0.3 is 29.0 Å². The summed E-state index contributed by atoms with van der Waals surface area (Å²) >= 11 is 6.30. The molecule has 2 aliphatic heterocycles. The summed E-state index contributed by atoms with van der Waals surface area (Å²) in [7, 11) is 0. The predicted octanol–water partition coefficient (Wildman–Crippen LogP) is 3.40. The number of nitrogens with one attached hydrogen (secondary N) is 1. The molecule has 2 aliphatic carbocycles. The summed E-state index contributed by atoms with van der Waals surface area (Å²) in [5.41, 5.74) is 2.34. The Labute approximate surface area is 205 Å². The van der Waals surface area contributed by atoms with Gasteiger partial charge in [-0.15, -0.1) is 0 Å². The zero-order valence-corrected chi connectivity index (χ0v) is 19.3. The minimum Gasteiger partial charge on any atom is -0.417 e. The number of benzene rings is 1. The number of rotatable bonds is 3. The van der Waals surface area contributed by atoms with Crippen molar-refractivity contribution < 1.29 is 45.7 Å². The maximum atomic E-state index is 13.2. The number of anilines is 1. The Morgan fingerprint density at radius 3 is 2.21 bits per heavy atom. The van der Waals surface area contributed by atoms with E-state index in [9.17, 15) is 19.2 Å². The number of hydrogen-bond acceptors (Lipinski definition) is 8. The van der Waals surface area contributed by atoms with Crippen LogP contribution in [0.2, 0.25) is 5.02 Å². The van der Waals surface area contributed by atoms with E-state index in [1.807, 2.05) is 0 Å². The van der Waals surface area contributed by atoms with E-state index in [0.29, 0.717) is 12.8 Å². The third-order valence-electron chi connectivity index (χ3n) is 6.57. The molecule has 0 bridgehead atoms. The third kappa shape index (κ3) is 4.05. The van der Waals surface area contributed by atoms with Gasteiger partial charge in [0.15, 0.2) is 0 Å². The van der Waals surface area contributed by atoms with Gasteiger partial charge in [0.05, 0.1) is 21.8 Å². The molecule has 0 aromatic heterocycles. The van der Waals surface area contributed by atoms with Crippen LogP contribution < -0.4 is 5.43 Å². The molecule has 0 atom stereocenters. The van der Waals surface area contributed by atoms with Gasteiger partial charge in [-0.1, -0.05) is 30.9 Å². The van der Waals surface area contributed by atoms with Crippen LogP contribution in [0.4, 0.5) is 5.69 Å². The maximum Gasteiger partial charge on any atom is 2.00 e. The number of nitrogens with zero attached hydrogens (tertiary/aromatic N) is 2. The minimum atomic E-state index is -1.21. The van der Waals surface area contributed by atoms with E-state index in [4.69, 9.17) is 21.1 Å². The van der Waals surface area contributed by atoms with Crippen LogP contribution >= 0.6 is 11.6 Å². The Morgan fingerprint density at radius 1 is 0.939 bits per heavy atom. The average Bonchev–Trinajstić information content (AvgIpc) is 3.31. The normalized spacial score (nSPS) is 22.1. The number of carbonyl (C=O) groups excluding carboxylic acids is 4. The molecule has 1 spiro atoms. The fraction of sp³-hybridized carbons (Fsp3) is 0.500. The van der Waals surface area contributed by atoms with Gasteiger partial charge in [0.1, 0.15) is 0 Å². The zero-order valence-electron chi connectivity index (χ0n) is 17.6. The van der Waals surface area contributed by atoms with Gasteiger partial charge in [-0.25, -0.2) is 9.59 Å².